The van der Waals surface area contributed by atoms with Crippen molar-refractivity contribution in [3.8, 4) is 10.6 Å². The van der Waals surface area contributed by atoms with Gasteiger partial charge in [-0.2, -0.15) is 5.10 Å². The first-order chi connectivity index (χ1) is 9.06. The molecule has 0 bridgehead atoms. The molecule has 0 saturated heterocycles. The lowest BCUT2D eigenvalue weighted by Gasteiger charge is -2.15. The Labute approximate surface area is 119 Å². The van der Waals surface area contributed by atoms with Gasteiger partial charge in [0.2, 0.25) is 5.91 Å². The molecule has 0 unspecified atom stereocenters. The zero-order chi connectivity index (χ0) is 13.6. The van der Waals surface area contributed by atoms with E-state index < -0.39 is 0 Å². The number of thiazole rings is 1. The Balaban J connectivity index is 2.09. The summed E-state index contributed by atoms with van der Waals surface area (Å²) in [6.07, 6.45) is 1.92. The summed E-state index contributed by atoms with van der Waals surface area (Å²) in [4.78, 5) is 17.9. The summed E-state index contributed by atoms with van der Waals surface area (Å²) < 4.78 is 2.02. The van der Waals surface area contributed by atoms with Gasteiger partial charge in [-0.1, -0.05) is 11.3 Å². The smallest absolute Gasteiger partial charge is 0.223 e. The number of hydrogen-bond acceptors (Lipinski definition) is 5. The second kappa shape index (κ2) is 4.64. The van der Waals surface area contributed by atoms with Crippen LogP contribution >= 0.6 is 23.1 Å². The van der Waals surface area contributed by atoms with Crippen molar-refractivity contribution in [3.63, 3.8) is 0 Å². The lowest BCUT2D eigenvalue weighted by atomic mass is 10.2. The third-order valence-electron chi connectivity index (χ3n) is 2.81. The summed E-state index contributed by atoms with van der Waals surface area (Å²) in [6, 6.07) is 0.307. The molecule has 2 aromatic rings. The molecule has 1 aliphatic rings. The number of anilines is 1. The molecule has 3 rings (SSSR count). The Kier molecular flexibility index (Phi) is 3.10. The Hall–Kier alpha value is -1.34. The minimum absolute atomic E-state index is 0.0867. The molecule has 0 fully saturated rings. The first kappa shape index (κ1) is 12.7. The highest BCUT2D eigenvalue weighted by atomic mass is 32.2. The molecule has 0 radical (unpaired) electrons. The zero-order valence-electron chi connectivity index (χ0n) is 10.9. The van der Waals surface area contributed by atoms with E-state index in [0.717, 1.165) is 22.0 Å². The van der Waals surface area contributed by atoms with E-state index in [1.54, 1.807) is 11.8 Å². The minimum atomic E-state index is -0.0867. The summed E-state index contributed by atoms with van der Waals surface area (Å²) in [6.45, 7) is 5.73. The lowest BCUT2D eigenvalue weighted by Crippen LogP contribution is -2.06. The van der Waals surface area contributed by atoms with Crippen LogP contribution in [0.15, 0.2) is 11.1 Å². The topological polar surface area (TPSA) is 59.8 Å². The molecule has 1 N–H and O–H groups in total. The fraction of sp³-hybridized carbons (Fsp3) is 0.417. The minimum Gasteiger partial charge on any atom is -0.302 e. The first-order valence-electron chi connectivity index (χ1n) is 6.04. The van der Waals surface area contributed by atoms with Crippen molar-refractivity contribution in [2.45, 2.75) is 37.5 Å². The molecule has 19 heavy (non-hydrogen) atoms. The SMILES string of the molecule is CC(=O)Nc1nc2c(s1)-c1c(cnn1C(C)C)SC2. The van der Waals surface area contributed by atoms with Gasteiger partial charge in [0.1, 0.15) is 0 Å². The summed E-state index contributed by atoms with van der Waals surface area (Å²) in [5.74, 6) is 0.749. The molecule has 0 atom stereocenters. The van der Waals surface area contributed by atoms with Crippen molar-refractivity contribution in [3.05, 3.63) is 11.9 Å². The summed E-state index contributed by atoms with van der Waals surface area (Å²) in [5.41, 5.74) is 2.17. The average Bonchev–Trinajstić information content (AvgIpc) is 2.88. The van der Waals surface area contributed by atoms with E-state index >= 15 is 0 Å². The maximum atomic E-state index is 11.1. The third kappa shape index (κ3) is 2.17. The van der Waals surface area contributed by atoms with Crippen molar-refractivity contribution in [1.82, 2.24) is 14.8 Å². The van der Waals surface area contributed by atoms with Crippen LogP contribution in [0.25, 0.3) is 10.6 Å². The maximum absolute atomic E-state index is 11.1. The van der Waals surface area contributed by atoms with Gasteiger partial charge in [0.15, 0.2) is 5.13 Å². The number of thioether (sulfide) groups is 1. The Bertz CT molecular complexity index is 644. The van der Waals surface area contributed by atoms with Gasteiger partial charge in [-0.3, -0.25) is 9.48 Å². The van der Waals surface area contributed by atoms with Crippen LogP contribution in [0, 0.1) is 0 Å². The third-order valence-corrected chi connectivity index (χ3v) is 4.86. The molecule has 3 heterocycles. The molecule has 0 spiro atoms. The van der Waals surface area contributed by atoms with Crippen LogP contribution in [0.2, 0.25) is 0 Å². The number of rotatable bonds is 2. The summed E-state index contributed by atoms with van der Waals surface area (Å²) in [7, 11) is 0. The van der Waals surface area contributed by atoms with E-state index in [1.807, 2.05) is 10.9 Å². The first-order valence-corrected chi connectivity index (χ1v) is 7.84. The number of hydrogen-bond donors (Lipinski definition) is 1. The van der Waals surface area contributed by atoms with Gasteiger partial charge in [0.25, 0.3) is 0 Å². The molecular weight excluding hydrogens is 280 g/mol. The molecule has 5 nitrogen and oxygen atoms in total. The molecule has 2 aromatic heterocycles. The van der Waals surface area contributed by atoms with E-state index in [9.17, 15) is 4.79 Å². The molecule has 1 aliphatic heterocycles. The van der Waals surface area contributed by atoms with Crippen LogP contribution < -0.4 is 5.32 Å². The van der Waals surface area contributed by atoms with Crippen molar-refractivity contribution < 1.29 is 4.79 Å². The number of nitrogens with zero attached hydrogens (tertiary/aromatic N) is 3. The van der Waals surface area contributed by atoms with Gasteiger partial charge in [0.05, 0.1) is 27.4 Å². The molecule has 0 aromatic carbocycles. The van der Waals surface area contributed by atoms with Gasteiger partial charge in [-0.05, 0) is 13.8 Å². The lowest BCUT2D eigenvalue weighted by molar-refractivity contribution is -0.114. The number of nitrogens with one attached hydrogen (secondary N) is 1. The molecule has 0 saturated carbocycles. The quantitative estimate of drug-likeness (QED) is 0.924. The summed E-state index contributed by atoms with van der Waals surface area (Å²) in [5, 5.41) is 7.89. The van der Waals surface area contributed by atoms with Gasteiger partial charge in [0, 0.05) is 18.7 Å². The second-order valence-corrected chi connectivity index (χ2v) is 6.68. The fourth-order valence-corrected chi connectivity index (χ4v) is 4.24. The Morgan fingerprint density at radius 1 is 1.53 bits per heavy atom. The monoisotopic (exact) mass is 294 g/mol. The van der Waals surface area contributed by atoms with E-state index in [-0.39, 0.29) is 5.91 Å². The van der Waals surface area contributed by atoms with Gasteiger partial charge >= 0.3 is 0 Å². The van der Waals surface area contributed by atoms with Crippen molar-refractivity contribution in [2.24, 2.45) is 0 Å². The van der Waals surface area contributed by atoms with E-state index in [1.165, 1.54) is 23.2 Å². The van der Waals surface area contributed by atoms with E-state index in [0.29, 0.717) is 11.2 Å². The Morgan fingerprint density at radius 3 is 3.00 bits per heavy atom. The normalized spacial score (nSPS) is 13.3. The van der Waals surface area contributed by atoms with Crippen LogP contribution in [-0.4, -0.2) is 20.7 Å². The standard InChI is InChI=1S/C12H14N4OS2/c1-6(2)16-10-9(4-13-16)18-5-8-11(10)19-12(15-8)14-7(3)17/h4,6H,5H2,1-3H3,(H,14,15,17). The predicted molar refractivity (Wildman–Crippen MR) is 77.6 cm³/mol. The zero-order valence-corrected chi connectivity index (χ0v) is 12.6. The molecule has 7 heteroatoms. The van der Waals surface area contributed by atoms with Gasteiger partial charge in [-0.25, -0.2) is 4.98 Å². The largest absolute Gasteiger partial charge is 0.302 e. The van der Waals surface area contributed by atoms with Crippen molar-refractivity contribution >= 4 is 34.1 Å². The van der Waals surface area contributed by atoms with Crippen LogP contribution in [-0.2, 0) is 10.5 Å². The predicted octanol–water partition coefficient (Wildman–Crippen LogP) is 3.15. The van der Waals surface area contributed by atoms with Gasteiger partial charge in [-0.15, -0.1) is 11.8 Å². The number of amides is 1. The van der Waals surface area contributed by atoms with Crippen LogP contribution in [0.3, 0.4) is 0 Å². The molecule has 0 aliphatic carbocycles. The average molecular weight is 294 g/mol. The number of carbonyl (C=O) groups excluding carboxylic acids is 1. The van der Waals surface area contributed by atoms with Crippen LogP contribution in [0.1, 0.15) is 32.5 Å². The molecular formula is C12H14N4OS2. The molecule has 1 amide bonds. The second-order valence-electron chi connectivity index (χ2n) is 4.66. The number of fused-ring (bicyclic) bond motifs is 3. The van der Waals surface area contributed by atoms with Crippen LogP contribution in [0.4, 0.5) is 5.13 Å². The van der Waals surface area contributed by atoms with Crippen molar-refractivity contribution in [2.75, 3.05) is 5.32 Å². The number of carbonyl (C=O) groups is 1. The maximum Gasteiger partial charge on any atom is 0.223 e. The highest BCUT2D eigenvalue weighted by Gasteiger charge is 2.26. The summed E-state index contributed by atoms with van der Waals surface area (Å²) >= 11 is 3.28. The van der Waals surface area contributed by atoms with E-state index in [4.69, 9.17) is 0 Å². The molecule has 100 valence electrons. The number of aromatic nitrogens is 3. The highest BCUT2D eigenvalue weighted by Crippen LogP contribution is 2.46. The van der Waals surface area contributed by atoms with Crippen molar-refractivity contribution in [1.29, 1.82) is 0 Å². The Morgan fingerprint density at radius 2 is 2.32 bits per heavy atom. The van der Waals surface area contributed by atoms with Crippen LogP contribution in [0.5, 0.6) is 0 Å². The fourth-order valence-electron chi connectivity index (χ4n) is 2.04. The van der Waals surface area contributed by atoms with E-state index in [2.05, 4.69) is 29.2 Å². The highest BCUT2D eigenvalue weighted by molar-refractivity contribution is 7.98. The van der Waals surface area contributed by atoms with Gasteiger partial charge < -0.3 is 5.32 Å².